The molecule has 0 spiro atoms. The Morgan fingerprint density at radius 2 is 1.76 bits per heavy atom. The summed E-state index contributed by atoms with van der Waals surface area (Å²) >= 11 is 1.95. The lowest BCUT2D eigenvalue weighted by Gasteiger charge is -2.07. The van der Waals surface area contributed by atoms with Crippen LogP contribution in [-0.2, 0) is 0 Å². The summed E-state index contributed by atoms with van der Waals surface area (Å²) in [5, 5.41) is 0. The predicted octanol–water partition coefficient (Wildman–Crippen LogP) is 3.83. The van der Waals surface area contributed by atoms with Gasteiger partial charge in [0.05, 0.1) is 3.57 Å². The van der Waals surface area contributed by atoms with Crippen LogP contribution in [0.2, 0.25) is 0 Å². The Morgan fingerprint density at radius 1 is 1.00 bits per heavy atom. The Kier molecular flexibility index (Phi) is 4.01. The van der Waals surface area contributed by atoms with E-state index in [1.807, 2.05) is 77.2 Å². The molecule has 5 heteroatoms. The minimum atomic E-state index is -0.144. The third-order valence-corrected chi connectivity index (χ3v) is 3.61. The molecule has 0 atom stereocenters. The van der Waals surface area contributed by atoms with Crippen molar-refractivity contribution in [3.8, 4) is 22.9 Å². The lowest BCUT2D eigenvalue weighted by molar-refractivity contribution is 0.483. The number of halogens is 1. The maximum atomic E-state index is 11.7. The molecule has 0 saturated carbocycles. The Hall–Kier alpha value is -2.15. The number of nitrogens with one attached hydrogen (secondary N) is 1. The lowest BCUT2D eigenvalue weighted by atomic mass is 10.2. The second-order valence-electron chi connectivity index (χ2n) is 4.35. The van der Waals surface area contributed by atoms with Gasteiger partial charge in [-0.3, -0.25) is 4.79 Å². The van der Waals surface area contributed by atoms with Gasteiger partial charge in [-0.2, -0.15) is 0 Å². The smallest absolute Gasteiger partial charge is 0.264 e. The first-order chi connectivity index (χ1) is 10.2. The molecule has 0 radical (unpaired) electrons. The van der Waals surface area contributed by atoms with E-state index in [4.69, 9.17) is 4.74 Å². The van der Waals surface area contributed by atoms with Gasteiger partial charge in [-0.1, -0.05) is 30.3 Å². The van der Waals surface area contributed by atoms with E-state index in [2.05, 4.69) is 9.97 Å². The summed E-state index contributed by atoms with van der Waals surface area (Å²) in [6, 6.07) is 17.0. The zero-order valence-electron chi connectivity index (χ0n) is 10.9. The van der Waals surface area contributed by atoms with E-state index < -0.39 is 0 Å². The highest BCUT2D eigenvalue weighted by molar-refractivity contribution is 14.1. The first-order valence-corrected chi connectivity index (χ1v) is 7.38. The van der Waals surface area contributed by atoms with E-state index >= 15 is 0 Å². The van der Waals surface area contributed by atoms with Crippen molar-refractivity contribution in [2.24, 2.45) is 0 Å². The Balaban J connectivity index is 1.92. The van der Waals surface area contributed by atoms with Crippen LogP contribution in [0.25, 0.3) is 11.4 Å². The number of benzene rings is 2. The summed E-state index contributed by atoms with van der Waals surface area (Å²) in [4.78, 5) is 18.6. The number of nitrogens with zero attached hydrogens (tertiary/aromatic N) is 1. The highest BCUT2D eigenvalue weighted by Gasteiger charge is 2.05. The van der Waals surface area contributed by atoms with Crippen LogP contribution in [-0.4, -0.2) is 9.97 Å². The van der Waals surface area contributed by atoms with Gasteiger partial charge < -0.3 is 9.72 Å². The van der Waals surface area contributed by atoms with E-state index in [0.717, 1.165) is 11.3 Å². The molecule has 0 aliphatic heterocycles. The van der Waals surface area contributed by atoms with Crippen LogP contribution in [0.15, 0.2) is 65.6 Å². The largest absolute Gasteiger partial charge is 0.457 e. The van der Waals surface area contributed by atoms with Gasteiger partial charge in [0.2, 0.25) is 0 Å². The second kappa shape index (κ2) is 6.09. The van der Waals surface area contributed by atoms with Crippen molar-refractivity contribution >= 4 is 22.6 Å². The van der Waals surface area contributed by atoms with Crippen LogP contribution >= 0.6 is 22.6 Å². The molecule has 1 aromatic heterocycles. The molecular weight excluding hydrogens is 379 g/mol. The molecule has 0 amide bonds. The van der Waals surface area contributed by atoms with Gasteiger partial charge in [-0.15, -0.1) is 0 Å². The molecule has 0 aliphatic carbocycles. The molecule has 104 valence electrons. The van der Waals surface area contributed by atoms with Gasteiger partial charge in [-0.05, 0) is 46.9 Å². The Labute approximate surface area is 135 Å². The van der Waals surface area contributed by atoms with Crippen molar-refractivity contribution in [1.29, 1.82) is 0 Å². The molecule has 0 fully saturated rings. The zero-order valence-corrected chi connectivity index (χ0v) is 13.1. The highest BCUT2D eigenvalue weighted by atomic mass is 127. The van der Waals surface area contributed by atoms with E-state index in [1.165, 1.54) is 0 Å². The standard InChI is InChI=1S/C16H11IN2O2/c17-14-10-18-15(19-16(14)20)11-5-4-8-13(9-11)21-12-6-2-1-3-7-12/h1-10H,(H,18,19,20). The fraction of sp³-hybridized carbons (Fsp3) is 0. The normalized spacial score (nSPS) is 10.3. The zero-order chi connectivity index (χ0) is 14.7. The third kappa shape index (κ3) is 3.30. The van der Waals surface area contributed by atoms with E-state index in [1.54, 1.807) is 6.20 Å². The van der Waals surface area contributed by atoms with Crippen molar-refractivity contribution in [1.82, 2.24) is 9.97 Å². The van der Waals surface area contributed by atoms with Crippen LogP contribution < -0.4 is 10.3 Å². The van der Waals surface area contributed by atoms with Crippen molar-refractivity contribution < 1.29 is 4.74 Å². The minimum absolute atomic E-state index is 0.144. The van der Waals surface area contributed by atoms with Crippen LogP contribution in [0.3, 0.4) is 0 Å². The summed E-state index contributed by atoms with van der Waals surface area (Å²) < 4.78 is 6.34. The molecule has 2 aromatic carbocycles. The number of aromatic nitrogens is 2. The van der Waals surface area contributed by atoms with Gasteiger partial charge in [0.25, 0.3) is 5.56 Å². The summed E-state index contributed by atoms with van der Waals surface area (Å²) in [7, 11) is 0. The number of hydrogen-bond donors (Lipinski definition) is 1. The molecule has 4 nitrogen and oxygen atoms in total. The quantitative estimate of drug-likeness (QED) is 0.692. The van der Waals surface area contributed by atoms with E-state index in [0.29, 0.717) is 15.1 Å². The average molecular weight is 390 g/mol. The lowest BCUT2D eigenvalue weighted by Crippen LogP contribution is -2.11. The van der Waals surface area contributed by atoms with Gasteiger partial charge >= 0.3 is 0 Å². The molecule has 1 N–H and O–H groups in total. The number of hydrogen-bond acceptors (Lipinski definition) is 3. The first-order valence-electron chi connectivity index (χ1n) is 6.30. The molecule has 0 aliphatic rings. The molecule has 0 unspecified atom stereocenters. The molecular formula is C16H11IN2O2. The fourth-order valence-electron chi connectivity index (χ4n) is 1.86. The van der Waals surface area contributed by atoms with Crippen LogP contribution in [0.5, 0.6) is 11.5 Å². The maximum absolute atomic E-state index is 11.7. The average Bonchev–Trinajstić information content (AvgIpc) is 2.51. The number of ether oxygens (including phenoxy) is 1. The SMILES string of the molecule is O=c1[nH]c(-c2cccc(Oc3ccccc3)c2)ncc1I. The molecule has 21 heavy (non-hydrogen) atoms. The summed E-state index contributed by atoms with van der Waals surface area (Å²) in [6.45, 7) is 0. The summed E-state index contributed by atoms with van der Waals surface area (Å²) in [5.41, 5.74) is 0.659. The summed E-state index contributed by atoms with van der Waals surface area (Å²) in [6.07, 6.45) is 1.56. The number of H-pyrrole nitrogens is 1. The van der Waals surface area contributed by atoms with Gasteiger partial charge in [-0.25, -0.2) is 4.98 Å². The van der Waals surface area contributed by atoms with Crippen molar-refractivity contribution in [3.05, 3.63) is 74.7 Å². The number of para-hydroxylation sites is 1. The van der Waals surface area contributed by atoms with Crippen LogP contribution in [0.4, 0.5) is 0 Å². The fourth-order valence-corrected chi connectivity index (χ4v) is 2.13. The van der Waals surface area contributed by atoms with Crippen molar-refractivity contribution in [2.45, 2.75) is 0 Å². The molecule has 0 bridgehead atoms. The van der Waals surface area contributed by atoms with Crippen molar-refractivity contribution in [2.75, 3.05) is 0 Å². The highest BCUT2D eigenvalue weighted by Crippen LogP contribution is 2.25. The maximum Gasteiger partial charge on any atom is 0.264 e. The molecule has 1 heterocycles. The predicted molar refractivity (Wildman–Crippen MR) is 89.5 cm³/mol. The summed E-state index contributed by atoms with van der Waals surface area (Å²) in [5.74, 6) is 1.98. The van der Waals surface area contributed by atoms with Gasteiger partial charge in [0.15, 0.2) is 0 Å². The monoisotopic (exact) mass is 390 g/mol. The minimum Gasteiger partial charge on any atom is -0.457 e. The van der Waals surface area contributed by atoms with Gasteiger partial charge in [0, 0.05) is 11.8 Å². The third-order valence-electron chi connectivity index (χ3n) is 2.84. The number of aromatic amines is 1. The molecule has 0 saturated heterocycles. The van der Waals surface area contributed by atoms with Crippen LogP contribution in [0.1, 0.15) is 0 Å². The Bertz CT molecular complexity index is 816. The molecule has 3 aromatic rings. The first kappa shape index (κ1) is 13.8. The van der Waals surface area contributed by atoms with Crippen LogP contribution in [0, 0.1) is 3.57 Å². The molecule has 3 rings (SSSR count). The topological polar surface area (TPSA) is 55.0 Å². The number of rotatable bonds is 3. The van der Waals surface area contributed by atoms with Gasteiger partial charge in [0.1, 0.15) is 17.3 Å². The van der Waals surface area contributed by atoms with E-state index in [-0.39, 0.29) is 5.56 Å². The van der Waals surface area contributed by atoms with Crippen molar-refractivity contribution in [3.63, 3.8) is 0 Å². The second-order valence-corrected chi connectivity index (χ2v) is 5.51. The van der Waals surface area contributed by atoms with E-state index in [9.17, 15) is 4.79 Å². The Morgan fingerprint density at radius 3 is 2.52 bits per heavy atom.